The molecule has 0 amide bonds. The molecule has 0 unspecified atom stereocenters. The Morgan fingerprint density at radius 3 is 1.30 bits per heavy atom. The van der Waals surface area contributed by atoms with Crippen LogP contribution in [0.15, 0.2) is 76.7 Å². The molecule has 0 aliphatic carbocycles. The first-order valence-corrected chi connectivity index (χ1v) is 18.9. The number of halogens is 11. The van der Waals surface area contributed by atoms with E-state index in [-0.39, 0.29) is 6.42 Å². The minimum atomic E-state index is -5.16. The number of phosphoric acid groups is 1. The number of alkyl halides is 2. The molecule has 3 aromatic rings. The third-order valence-corrected chi connectivity index (χ3v) is 16.5. The van der Waals surface area contributed by atoms with E-state index in [1.807, 2.05) is 0 Å². The second-order valence-electron chi connectivity index (χ2n) is 7.46. The van der Waals surface area contributed by atoms with Gasteiger partial charge in [-0.2, -0.15) is 0 Å². The van der Waals surface area contributed by atoms with Crippen molar-refractivity contribution in [3.8, 4) is 0 Å². The highest BCUT2D eigenvalue weighted by Gasteiger charge is 2.51. The highest BCUT2D eigenvalue weighted by Crippen LogP contribution is 2.60. The molecular weight excluding hydrogens is 1140 g/mol. The lowest BCUT2D eigenvalue weighted by Crippen LogP contribution is -2.37. The lowest BCUT2D eigenvalue weighted by Gasteiger charge is -2.40. The fourth-order valence-corrected chi connectivity index (χ4v) is 9.99. The highest BCUT2D eigenvalue weighted by atomic mass is 79.9. The van der Waals surface area contributed by atoms with Gasteiger partial charge in [0.15, 0.2) is 0 Å². The van der Waals surface area contributed by atoms with E-state index in [1.165, 1.54) is 0 Å². The van der Waals surface area contributed by atoms with Crippen LogP contribution in [0.25, 0.3) is 0 Å². The molecule has 0 aliphatic rings. The van der Waals surface area contributed by atoms with Gasteiger partial charge in [-0.15, -0.1) is 0 Å². The first kappa shape index (κ1) is 34.2. The molecule has 0 fully saturated rings. The molecule has 0 bridgehead atoms. The molecule has 0 spiro atoms. The normalized spacial score (nSPS) is 12.8. The van der Waals surface area contributed by atoms with Gasteiger partial charge in [0.1, 0.15) is 9.93 Å². The van der Waals surface area contributed by atoms with E-state index in [2.05, 4.69) is 143 Å². The number of rotatable bonds is 7. The number of benzene rings is 3. The van der Waals surface area contributed by atoms with Gasteiger partial charge in [0.25, 0.3) is 0 Å². The number of hydrogen-bond donors (Lipinski definition) is 2. The summed E-state index contributed by atoms with van der Waals surface area (Å²) in [5.74, 6) is 0. The summed E-state index contributed by atoms with van der Waals surface area (Å²) in [6, 6.07) is 10.3. The van der Waals surface area contributed by atoms with Crippen LogP contribution in [0.5, 0.6) is 0 Å². The van der Waals surface area contributed by atoms with Crippen molar-refractivity contribution in [2.45, 2.75) is 16.4 Å². The summed E-state index contributed by atoms with van der Waals surface area (Å²) in [4.78, 5) is 20.4. The average Bonchev–Trinajstić information content (AvgIpc) is 2.77. The van der Waals surface area contributed by atoms with Crippen LogP contribution >= 0.6 is 174 Å². The Morgan fingerprint density at radius 1 is 0.622 bits per heavy atom. The molecule has 200 valence electrons. The van der Waals surface area contributed by atoms with Gasteiger partial charge in [0.2, 0.25) is 0 Å². The zero-order chi connectivity index (χ0) is 28.1. The Kier molecular flexibility index (Phi) is 12.1. The van der Waals surface area contributed by atoms with Crippen molar-refractivity contribution in [2.24, 2.45) is 0 Å². The van der Waals surface area contributed by atoms with Crippen LogP contribution in [0.3, 0.4) is 0 Å². The fraction of sp³-hybridized carbons (Fsp3) is 0.143. The average molecular weight is 1150 g/mol. The predicted octanol–water partition coefficient (Wildman–Crippen LogP) is 12.6. The fourth-order valence-electron chi connectivity index (χ4n) is 3.56. The maximum atomic E-state index is 12.6. The van der Waals surface area contributed by atoms with E-state index >= 15 is 0 Å². The summed E-state index contributed by atoms with van der Waals surface area (Å²) in [5.41, 5.74) is -0.715. The van der Waals surface area contributed by atoms with Gasteiger partial charge in [-0.05, 0) is 162 Å². The van der Waals surface area contributed by atoms with E-state index in [1.54, 1.807) is 36.4 Å². The smallest absolute Gasteiger partial charge is 0.303 e. The third-order valence-electron chi connectivity index (χ3n) is 5.12. The molecule has 0 aliphatic heterocycles. The van der Waals surface area contributed by atoms with Gasteiger partial charge in [0.05, 0.1) is 0 Å². The van der Waals surface area contributed by atoms with Gasteiger partial charge in [-0.3, -0.25) is 4.52 Å². The molecule has 37 heavy (non-hydrogen) atoms. The molecule has 3 rings (SSSR count). The molecule has 0 saturated heterocycles. The van der Waals surface area contributed by atoms with E-state index in [0.717, 1.165) is 4.47 Å². The quantitative estimate of drug-likeness (QED) is 0.141. The molecule has 0 heterocycles. The first-order chi connectivity index (χ1) is 16.9. The van der Waals surface area contributed by atoms with Crippen molar-refractivity contribution < 1.29 is 18.9 Å². The van der Waals surface area contributed by atoms with E-state index < -0.39 is 17.8 Å². The summed E-state index contributed by atoms with van der Waals surface area (Å²) >= 11 is 45.7. The topological polar surface area (TPSA) is 66.8 Å². The largest absolute Gasteiger partial charge is 0.470 e. The van der Waals surface area contributed by atoms with E-state index in [4.69, 9.17) is 27.7 Å². The summed E-state index contributed by atoms with van der Waals surface area (Å²) in [6.07, 6.45) is -0.319. The summed E-state index contributed by atoms with van der Waals surface area (Å²) in [7, 11) is -5.16. The van der Waals surface area contributed by atoms with E-state index in [0.29, 0.717) is 52.5 Å². The Labute approximate surface area is 298 Å². The van der Waals surface area contributed by atoms with Crippen LogP contribution in [0.1, 0.15) is 23.1 Å². The molecular formula is C21H10Br9Cl2O4P. The SMILES string of the molecule is O=P(O)(O)OC(CC(Cl)(Cl)c1ccc(Br)c(Br)c1Br)(c1ccc(Br)c(Br)c1Br)c1ccc(Br)c(Br)c1Br. The monoisotopic (exact) mass is 1140 g/mol. The molecule has 0 radical (unpaired) electrons. The molecule has 0 atom stereocenters. The van der Waals surface area contributed by atoms with Gasteiger partial charge < -0.3 is 9.79 Å². The van der Waals surface area contributed by atoms with Crippen molar-refractivity contribution in [2.75, 3.05) is 0 Å². The van der Waals surface area contributed by atoms with Crippen LogP contribution < -0.4 is 0 Å². The van der Waals surface area contributed by atoms with Crippen LogP contribution in [0.4, 0.5) is 0 Å². The second-order valence-corrected chi connectivity index (χ2v) is 17.4. The summed E-state index contributed by atoms with van der Waals surface area (Å²) in [5, 5.41) is 0. The number of hydrogen-bond acceptors (Lipinski definition) is 2. The summed E-state index contributed by atoms with van der Waals surface area (Å²) < 4.78 is 22.1. The summed E-state index contributed by atoms with van der Waals surface area (Å²) in [6.45, 7) is 0. The molecule has 0 aromatic heterocycles. The van der Waals surface area contributed by atoms with Crippen molar-refractivity contribution in [1.29, 1.82) is 0 Å². The first-order valence-electron chi connectivity index (χ1n) is 9.49. The number of phosphoric ester groups is 1. The maximum Gasteiger partial charge on any atom is 0.470 e. The van der Waals surface area contributed by atoms with Crippen LogP contribution in [-0.2, 0) is 19.0 Å². The lowest BCUT2D eigenvalue weighted by atomic mass is 9.81. The standard InChI is InChI=1S/C21H10Br9Cl2O4P/c22-11-4-1-8(14(25)17(11)28)20(36-37(33,34)35,9-2-5-12(23)18(29)15(9)26)7-21(31,32)10-3-6-13(24)19(30)16(10)27/h1-6H,7H2,(H2,33,34,35). The zero-order valence-electron chi connectivity index (χ0n) is 17.5. The molecule has 4 nitrogen and oxygen atoms in total. The molecule has 2 N–H and O–H groups in total. The minimum Gasteiger partial charge on any atom is -0.303 e. The van der Waals surface area contributed by atoms with Gasteiger partial charge in [-0.25, -0.2) is 4.57 Å². The van der Waals surface area contributed by atoms with Crippen molar-refractivity contribution >= 4 is 174 Å². The van der Waals surface area contributed by atoms with Crippen molar-refractivity contribution in [1.82, 2.24) is 0 Å². The molecule has 16 heteroatoms. The Hall–Kier alpha value is 2.67. The molecule has 3 aromatic carbocycles. The van der Waals surface area contributed by atoms with Crippen molar-refractivity contribution in [3.63, 3.8) is 0 Å². The Morgan fingerprint density at radius 2 is 0.946 bits per heavy atom. The van der Waals surface area contributed by atoms with Crippen LogP contribution in [0, 0.1) is 0 Å². The van der Waals surface area contributed by atoms with Crippen molar-refractivity contribution in [3.05, 3.63) is 93.3 Å². The predicted molar refractivity (Wildman–Crippen MR) is 181 cm³/mol. The van der Waals surface area contributed by atoms with Gasteiger partial charge >= 0.3 is 7.82 Å². The van der Waals surface area contributed by atoms with Gasteiger partial charge in [0, 0.05) is 63.4 Å². The third kappa shape index (κ3) is 7.43. The maximum absolute atomic E-state index is 12.6. The van der Waals surface area contributed by atoms with E-state index in [9.17, 15) is 14.4 Å². The zero-order valence-corrected chi connectivity index (χ0v) is 34.2. The second kappa shape index (κ2) is 13.1. The van der Waals surface area contributed by atoms with Crippen LogP contribution in [0.2, 0.25) is 0 Å². The van der Waals surface area contributed by atoms with Crippen LogP contribution in [-0.4, -0.2) is 9.79 Å². The Bertz CT molecular complexity index is 1370. The molecule has 0 saturated carbocycles. The van der Waals surface area contributed by atoms with Gasteiger partial charge in [-0.1, -0.05) is 41.4 Å². The lowest BCUT2D eigenvalue weighted by molar-refractivity contribution is 0.0523. The highest BCUT2D eigenvalue weighted by molar-refractivity contribution is 9.15. The minimum absolute atomic E-state index is 0.319. The Balaban J connectivity index is 2.47.